The summed E-state index contributed by atoms with van der Waals surface area (Å²) in [6.45, 7) is 3.10. The summed E-state index contributed by atoms with van der Waals surface area (Å²) in [7, 11) is 0. The first-order chi connectivity index (χ1) is 10.5. The first-order valence-corrected chi connectivity index (χ1v) is 8.26. The van der Waals surface area contributed by atoms with Gasteiger partial charge >= 0.3 is 0 Å². The third kappa shape index (κ3) is 2.35. The molecule has 2 aromatic heterocycles. The predicted octanol–water partition coefficient (Wildman–Crippen LogP) is 2.22. The van der Waals surface area contributed by atoms with Gasteiger partial charge in [-0.05, 0) is 43.9 Å². The van der Waals surface area contributed by atoms with Crippen LogP contribution in [0.3, 0.4) is 0 Å². The van der Waals surface area contributed by atoms with Crippen molar-refractivity contribution in [2.45, 2.75) is 57.6 Å². The van der Waals surface area contributed by atoms with Gasteiger partial charge in [0, 0.05) is 6.54 Å². The van der Waals surface area contributed by atoms with Crippen LogP contribution in [0.15, 0.2) is 6.33 Å². The third-order valence-electron chi connectivity index (χ3n) is 5.03. The van der Waals surface area contributed by atoms with Crippen molar-refractivity contribution >= 4 is 17.0 Å². The molecule has 6 nitrogen and oxygen atoms in total. The van der Waals surface area contributed by atoms with E-state index < -0.39 is 5.60 Å². The molecular formula is C16H23N5O. The summed E-state index contributed by atoms with van der Waals surface area (Å²) in [6, 6.07) is 0. The van der Waals surface area contributed by atoms with Crippen molar-refractivity contribution in [2.24, 2.45) is 11.8 Å². The minimum atomic E-state index is -0.950. The van der Waals surface area contributed by atoms with Gasteiger partial charge in [0.1, 0.15) is 11.1 Å². The lowest BCUT2D eigenvalue weighted by Gasteiger charge is -2.34. The number of hydrogen-bond donors (Lipinski definition) is 2. The maximum atomic E-state index is 11.0. The van der Waals surface area contributed by atoms with E-state index in [9.17, 15) is 5.11 Å². The standard InChI is InChI=1S/C16H23N5O/c1-10-3-2-6-16(22,7-10)15-19-13(17)12-14(20-15)21(9-18-12)8-11-4-5-11/h9-11,22H,2-8H2,1H3,(H2,17,19,20)/t10-,16+/m1/s1. The van der Waals surface area contributed by atoms with E-state index in [1.54, 1.807) is 6.33 Å². The lowest BCUT2D eigenvalue weighted by molar-refractivity contribution is -0.0253. The first kappa shape index (κ1) is 13.9. The maximum Gasteiger partial charge on any atom is 0.165 e. The Balaban J connectivity index is 1.77. The van der Waals surface area contributed by atoms with Gasteiger partial charge in [-0.25, -0.2) is 15.0 Å². The van der Waals surface area contributed by atoms with Crippen LogP contribution in [0.25, 0.3) is 11.2 Å². The SMILES string of the molecule is C[C@@H]1CCC[C@@](O)(c2nc(N)c3ncn(CC4CC4)c3n2)C1. The molecule has 6 heteroatoms. The van der Waals surface area contributed by atoms with E-state index in [4.69, 9.17) is 5.73 Å². The van der Waals surface area contributed by atoms with Crippen LogP contribution < -0.4 is 5.73 Å². The Morgan fingerprint density at radius 3 is 2.91 bits per heavy atom. The second kappa shape index (κ2) is 4.91. The van der Waals surface area contributed by atoms with Crippen molar-refractivity contribution in [3.8, 4) is 0 Å². The van der Waals surface area contributed by atoms with Crippen LogP contribution in [0.1, 0.15) is 51.3 Å². The molecule has 118 valence electrons. The summed E-state index contributed by atoms with van der Waals surface area (Å²) in [5, 5.41) is 11.0. The summed E-state index contributed by atoms with van der Waals surface area (Å²) in [5.41, 5.74) is 6.54. The highest BCUT2D eigenvalue weighted by molar-refractivity contribution is 5.81. The fraction of sp³-hybridized carbons (Fsp3) is 0.688. The van der Waals surface area contributed by atoms with E-state index in [2.05, 4.69) is 26.4 Å². The molecule has 2 atom stereocenters. The Morgan fingerprint density at radius 2 is 2.18 bits per heavy atom. The predicted molar refractivity (Wildman–Crippen MR) is 84.0 cm³/mol. The van der Waals surface area contributed by atoms with E-state index in [-0.39, 0.29) is 0 Å². The molecule has 0 unspecified atom stereocenters. The number of nitrogen functional groups attached to an aromatic ring is 1. The monoisotopic (exact) mass is 301 g/mol. The lowest BCUT2D eigenvalue weighted by atomic mass is 9.78. The zero-order chi connectivity index (χ0) is 15.3. The number of anilines is 1. The van der Waals surface area contributed by atoms with Gasteiger partial charge in [-0.15, -0.1) is 0 Å². The van der Waals surface area contributed by atoms with Gasteiger partial charge in [0.15, 0.2) is 17.3 Å². The van der Waals surface area contributed by atoms with Crippen LogP contribution in [0.5, 0.6) is 0 Å². The highest BCUT2D eigenvalue weighted by Crippen LogP contribution is 2.39. The third-order valence-corrected chi connectivity index (χ3v) is 5.03. The Labute approximate surface area is 129 Å². The number of imidazole rings is 1. The molecule has 2 aliphatic carbocycles. The second-order valence-electron chi connectivity index (χ2n) is 7.18. The first-order valence-electron chi connectivity index (χ1n) is 8.26. The average molecular weight is 301 g/mol. The molecule has 0 spiro atoms. The molecule has 0 amide bonds. The number of rotatable bonds is 3. The number of fused-ring (bicyclic) bond motifs is 1. The normalized spacial score (nSPS) is 29.1. The number of nitrogens with zero attached hydrogens (tertiary/aromatic N) is 4. The van der Waals surface area contributed by atoms with Crippen LogP contribution in [-0.4, -0.2) is 24.6 Å². The molecule has 2 saturated carbocycles. The quantitative estimate of drug-likeness (QED) is 0.907. The maximum absolute atomic E-state index is 11.0. The van der Waals surface area contributed by atoms with Crippen LogP contribution in [-0.2, 0) is 12.1 Å². The van der Waals surface area contributed by atoms with Crippen LogP contribution >= 0.6 is 0 Å². The fourth-order valence-corrected chi connectivity index (χ4v) is 3.61. The fourth-order valence-electron chi connectivity index (χ4n) is 3.61. The number of nitrogens with two attached hydrogens (primary N) is 1. The Kier molecular flexibility index (Phi) is 3.11. The molecule has 0 radical (unpaired) electrons. The molecule has 22 heavy (non-hydrogen) atoms. The molecule has 2 aliphatic rings. The van der Waals surface area contributed by atoms with E-state index >= 15 is 0 Å². The van der Waals surface area contributed by atoms with Gasteiger partial charge < -0.3 is 15.4 Å². The van der Waals surface area contributed by atoms with Crippen LogP contribution in [0.4, 0.5) is 5.82 Å². The highest BCUT2D eigenvalue weighted by Gasteiger charge is 2.38. The van der Waals surface area contributed by atoms with E-state index in [1.807, 2.05) is 0 Å². The van der Waals surface area contributed by atoms with E-state index in [0.29, 0.717) is 35.9 Å². The average Bonchev–Trinajstić information content (AvgIpc) is 3.18. The van der Waals surface area contributed by atoms with Gasteiger partial charge in [0.2, 0.25) is 0 Å². The molecule has 3 N–H and O–H groups in total. The summed E-state index contributed by atoms with van der Waals surface area (Å²) in [4.78, 5) is 13.4. The minimum absolute atomic E-state index is 0.376. The van der Waals surface area contributed by atoms with Crippen molar-refractivity contribution < 1.29 is 5.11 Å². The van der Waals surface area contributed by atoms with Crippen molar-refractivity contribution in [1.29, 1.82) is 0 Å². The summed E-state index contributed by atoms with van der Waals surface area (Å²) in [5.74, 6) is 2.06. The number of aliphatic hydroxyl groups is 1. The summed E-state index contributed by atoms with van der Waals surface area (Å²) in [6.07, 6.45) is 7.90. The topological polar surface area (TPSA) is 89.9 Å². The molecular weight excluding hydrogens is 278 g/mol. The largest absolute Gasteiger partial charge is 0.382 e. The van der Waals surface area contributed by atoms with Crippen LogP contribution in [0.2, 0.25) is 0 Å². The van der Waals surface area contributed by atoms with Gasteiger partial charge in [0.25, 0.3) is 0 Å². The number of hydrogen-bond acceptors (Lipinski definition) is 5. The summed E-state index contributed by atoms with van der Waals surface area (Å²) < 4.78 is 2.06. The lowest BCUT2D eigenvalue weighted by Crippen LogP contribution is -2.34. The minimum Gasteiger partial charge on any atom is -0.382 e. The molecule has 2 fully saturated rings. The molecule has 2 aromatic rings. The van der Waals surface area contributed by atoms with Gasteiger partial charge in [0.05, 0.1) is 6.33 Å². The summed E-state index contributed by atoms with van der Waals surface area (Å²) >= 11 is 0. The molecule has 0 saturated heterocycles. The molecule has 0 aromatic carbocycles. The van der Waals surface area contributed by atoms with Crippen molar-refractivity contribution in [3.63, 3.8) is 0 Å². The Bertz CT molecular complexity index is 708. The second-order valence-corrected chi connectivity index (χ2v) is 7.18. The van der Waals surface area contributed by atoms with Gasteiger partial charge in [-0.3, -0.25) is 0 Å². The van der Waals surface area contributed by atoms with E-state index in [0.717, 1.165) is 31.0 Å². The Morgan fingerprint density at radius 1 is 1.36 bits per heavy atom. The molecule has 2 heterocycles. The van der Waals surface area contributed by atoms with Gasteiger partial charge in [-0.2, -0.15) is 0 Å². The van der Waals surface area contributed by atoms with Gasteiger partial charge in [-0.1, -0.05) is 13.3 Å². The van der Waals surface area contributed by atoms with E-state index in [1.165, 1.54) is 12.8 Å². The number of aromatic nitrogens is 4. The van der Waals surface area contributed by atoms with Crippen molar-refractivity contribution in [3.05, 3.63) is 12.2 Å². The van der Waals surface area contributed by atoms with Crippen molar-refractivity contribution in [1.82, 2.24) is 19.5 Å². The van der Waals surface area contributed by atoms with Crippen molar-refractivity contribution in [2.75, 3.05) is 5.73 Å². The Hall–Kier alpha value is -1.69. The molecule has 0 aliphatic heterocycles. The highest BCUT2D eigenvalue weighted by atomic mass is 16.3. The van der Waals surface area contributed by atoms with Crippen LogP contribution in [0, 0.1) is 11.8 Å². The molecule has 4 rings (SSSR count). The zero-order valence-corrected chi connectivity index (χ0v) is 13.0. The smallest absolute Gasteiger partial charge is 0.165 e. The zero-order valence-electron chi connectivity index (χ0n) is 13.0. The molecule has 0 bridgehead atoms.